The van der Waals surface area contributed by atoms with Crippen LogP contribution in [0.4, 0.5) is 10.1 Å². The average Bonchev–Trinajstić information content (AvgIpc) is 3.58. The van der Waals surface area contributed by atoms with E-state index in [0.29, 0.717) is 17.7 Å². The lowest BCUT2D eigenvalue weighted by Crippen LogP contribution is -2.48. The number of amides is 2. The molecule has 0 saturated carbocycles. The predicted molar refractivity (Wildman–Crippen MR) is 168 cm³/mol. The second kappa shape index (κ2) is 11.6. The molecule has 3 heterocycles. The number of halogens is 2. The summed E-state index contributed by atoms with van der Waals surface area (Å²) in [5.74, 6) is -2.95. The Kier molecular flexibility index (Phi) is 7.95. The van der Waals surface area contributed by atoms with Crippen molar-refractivity contribution in [3.63, 3.8) is 0 Å². The summed E-state index contributed by atoms with van der Waals surface area (Å²) in [6.45, 7) is 7.96. The molecule has 1 saturated heterocycles. The van der Waals surface area contributed by atoms with E-state index in [1.807, 2.05) is 33.8 Å². The fraction of sp³-hybridized carbons (Fsp3) is 0.281. The number of aromatic carboxylic acids is 1. The first-order chi connectivity index (χ1) is 21.8. The Morgan fingerprint density at radius 3 is 2.37 bits per heavy atom. The zero-order valence-corrected chi connectivity index (χ0v) is 26.2. The highest BCUT2D eigenvalue weighted by molar-refractivity contribution is 6.62. The lowest BCUT2D eigenvalue weighted by molar-refractivity contribution is -0.121. The first kappa shape index (κ1) is 31.4. The number of anilines is 1. The van der Waals surface area contributed by atoms with Crippen molar-refractivity contribution in [1.82, 2.24) is 19.9 Å². The molecular formula is C32H30BClFN5O6. The number of nitrogens with one attached hydrogen (secondary N) is 1. The largest absolute Gasteiger partial charge is 0.495 e. The molecule has 1 fully saturated rings. The number of hydrogen-bond acceptors (Lipinski definition) is 7. The SMILES string of the molecule is CC1(C)OB(c2cccc3c2CCN(C(=O)c2cn(-c4cccc(Cl)c4F)nn2)C3C(=O)Nc2ccc(C(=O)O)cc2)OC1(C)C. The van der Waals surface area contributed by atoms with Gasteiger partial charge >= 0.3 is 13.1 Å². The highest BCUT2D eigenvalue weighted by Gasteiger charge is 2.53. The van der Waals surface area contributed by atoms with Gasteiger partial charge < -0.3 is 24.6 Å². The summed E-state index contributed by atoms with van der Waals surface area (Å²) in [5, 5.41) is 19.9. The maximum Gasteiger partial charge on any atom is 0.495 e. The molecule has 46 heavy (non-hydrogen) atoms. The van der Waals surface area contributed by atoms with Crippen LogP contribution in [0, 0.1) is 5.82 Å². The standard InChI is InChI=1S/C32H30BClFN5O6/c1-31(2)32(3,4)46-33(45-31)22-8-5-7-21-20(22)15-16-39(27(21)28(41)36-19-13-11-18(12-14-19)30(43)44)29(42)24-17-40(38-37-24)25-10-6-9-23(34)26(25)35/h5-14,17,27H,15-16H2,1-4H3,(H,36,41)(H,43,44). The molecule has 1 aromatic heterocycles. The number of carbonyl (C=O) groups is 3. The van der Waals surface area contributed by atoms with Gasteiger partial charge in [-0.15, -0.1) is 5.10 Å². The zero-order valence-electron chi connectivity index (χ0n) is 25.5. The molecule has 3 aromatic carbocycles. The zero-order chi connectivity index (χ0) is 33.0. The van der Waals surface area contributed by atoms with Crippen LogP contribution in [0.3, 0.4) is 0 Å². The van der Waals surface area contributed by atoms with E-state index in [4.69, 9.17) is 20.9 Å². The van der Waals surface area contributed by atoms with Gasteiger partial charge in [-0.05, 0) is 87.1 Å². The lowest BCUT2D eigenvalue weighted by Gasteiger charge is -2.37. The maximum atomic E-state index is 14.7. The number of benzene rings is 3. The fourth-order valence-corrected chi connectivity index (χ4v) is 5.76. The van der Waals surface area contributed by atoms with Crippen molar-refractivity contribution in [2.24, 2.45) is 0 Å². The third-order valence-corrected chi connectivity index (χ3v) is 9.06. The number of nitrogens with zero attached hydrogens (tertiary/aromatic N) is 4. The summed E-state index contributed by atoms with van der Waals surface area (Å²) in [5.41, 5.74) is 1.27. The molecule has 11 nitrogen and oxygen atoms in total. The molecule has 4 aromatic rings. The molecule has 14 heteroatoms. The van der Waals surface area contributed by atoms with Crippen molar-refractivity contribution < 1.29 is 33.2 Å². The summed E-state index contributed by atoms with van der Waals surface area (Å²) in [7, 11) is -0.693. The van der Waals surface area contributed by atoms with Crippen LogP contribution in [0.1, 0.15) is 65.7 Å². The van der Waals surface area contributed by atoms with Crippen LogP contribution < -0.4 is 10.8 Å². The van der Waals surface area contributed by atoms with Gasteiger partial charge in [0, 0.05) is 12.2 Å². The van der Waals surface area contributed by atoms with Gasteiger partial charge in [0.05, 0.1) is 28.0 Å². The van der Waals surface area contributed by atoms with Crippen molar-refractivity contribution in [1.29, 1.82) is 0 Å². The van der Waals surface area contributed by atoms with E-state index in [2.05, 4.69) is 15.6 Å². The number of carboxylic acid groups (broad SMARTS) is 1. The second-order valence-corrected chi connectivity index (χ2v) is 12.6. The Morgan fingerprint density at radius 2 is 1.70 bits per heavy atom. The molecule has 2 aliphatic heterocycles. The van der Waals surface area contributed by atoms with E-state index in [9.17, 15) is 23.9 Å². The minimum atomic E-state index is -1.12. The first-order valence-corrected chi connectivity index (χ1v) is 14.9. The quantitative estimate of drug-likeness (QED) is 0.294. The summed E-state index contributed by atoms with van der Waals surface area (Å²) in [4.78, 5) is 40.8. The van der Waals surface area contributed by atoms with Crippen molar-refractivity contribution in [2.45, 2.75) is 51.4 Å². The van der Waals surface area contributed by atoms with Crippen LogP contribution in [0.5, 0.6) is 0 Å². The van der Waals surface area contributed by atoms with Crippen molar-refractivity contribution >= 4 is 47.7 Å². The molecule has 0 radical (unpaired) electrons. The Morgan fingerprint density at radius 1 is 1.02 bits per heavy atom. The summed E-state index contributed by atoms with van der Waals surface area (Å²) >= 11 is 5.94. The molecular weight excluding hydrogens is 616 g/mol. The monoisotopic (exact) mass is 645 g/mol. The number of rotatable bonds is 6. The summed E-state index contributed by atoms with van der Waals surface area (Å²) < 4.78 is 28.5. The summed E-state index contributed by atoms with van der Waals surface area (Å²) in [6, 6.07) is 14.4. The van der Waals surface area contributed by atoms with E-state index in [0.717, 1.165) is 15.7 Å². The Hall–Kier alpha value is -4.59. The minimum absolute atomic E-state index is 0.00851. The van der Waals surface area contributed by atoms with Gasteiger partial charge in [0.1, 0.15) is 11.7 Å². The molecule has 6 rings (SSSR count). The predicted octanol–water partition coefficient (Wildman–Crippen LogP) is 4.44. The molecule has 1 unspecified atom stereocenters. The molecule has 2 aliphatic rings. The van der Waals surface area contributed by atoms with Gasteiger partial charge in [-0.1, -0.05) is 41.1 Å². The number of carboxylic acids is 1. The smallest absolute Gasteiger partial charge is 0.478 e. The van der Waals surface area contributed by atoms with Crippen molar-refractivity contribution in [2.75, 3.05) is 11.9 Å². The topological polar surface area (TPSA) is 136 Å². The Labute approximate surface area is 269 Å². The first-order valence-electron chi connectivity index (χ1n) is 14.6. The number of aromatic nitrogens is 3. The average molecular weight is 646 g/mol. The van der Waals surface area contributed by atoms with Crippen LogP contribution in [-0.4, -0.2) is 67.6 Å². The fourth-order valence-electron chi connectivity index (χ4n) is 5.59. The molecule has 2 N–H and O–H groups in total. The molecule has 1 atom stereocenters. The number of fused-ring (bicyclic) bond motifs is 1. The van der Waals surface area contributed by atoms with E-state index in [1.54, 1.807) is 18.2 Å². The number of carbonyl (C=O) groups excluding carboxylic acids is 2. The molecule has 0 spiro atoms. The highest BCUT2D eigenvalue weighted by atomic mass is 35.5. The van der Waals surface area contributed by atoms with Gasteiger partial charge in [-0.2, -0.15) is 0 Å². The van der Waals surface area contributed by atoms with Gasteiger partial charge in [-0.3, -0.25) is 9.59 Å². The van der Waals surface area contributed by atoms with E-state index in [-0.39, 0.29) is 28.5 Å². The van der Waals surface area contributed by atoms with Gasteiger partial charge in [0.2, 0.25) is 0 Å². The second-order valence-electron chi connectivity index (χ2n) is 12.1. The lowest BCUT2D eigenvalue weighted by atomic mass is 9.72. The third kappa shape index (κ3) is 5.55. The van der Waals surface area contributed by atoms with E-state index in [1.165, 1.54) is 47.5 Å². The van der Waals surface area contributed by atoms with Gasteiger partial charge in [-0.25, -0.2) is 13.9 Å². The van der Waals surface area contributed by atoms with Gasteiger partial charge in [0.15, 0.2) is 11.5 Å². The number of hydrogen-bond donors (Lipinski definition) is 2. The third-order valence-electron chi connectivity index (χ3n) is 8.76. The van der Waals surface area contributed by atoms with E-state index < -0.39 is 48.0 Å². The van der Waals surface area contributed by atoms with Crippen molar-refractivity contribution in [3.8, 4) is 5.69 Å². The molecule has 2 amide bonds. The van der Waals surface area contributed by atoms with Crippen LogP contribution >= 0.6 is 11.6 Å². The van der Waals surface area contributed by atoms with Crippen LogP contribution in [0.25, 0.3) is 5.69 Å². The van der Waals surface area contributed by atoms with E-state index >= 15 is 0 Å². The van der Waals surface area contributed by atoms with Crippen LogP contribution in [-0.2, 0) is 20.5 Å². The van der Waals surface area contributed by atoms with Crippen LogP contribution in [0.15, 0.2) is 66.9 Å². The highest BCUT2D eigenvalue weighted by Crippen LogP contribution is 2.38. The maximum absolute atomic E-state index is 14.7. The van der Waals surface area contributed by atoms with Gasteiger partial charge in [0.25, 0.3) is 11.8 Å². The van der Waals surface area contributed by atoms with Crippen molar-refractivity contribution in [3.05, 3.63) is 100 Å². The summed E-state index contributed by atoms with van der Waals surface area (Å²) in [6.07, 6.45) is 1.67. The Balaban J connectivity index is 1.37. The van der Waals surface area contributed by atoms with Crippen LogP contribution in [0.2, 0.25) is 5.02 Å². The molecule has 236 valence electrons. The molecule has 0 bridgehead atoms. The Bertz CT molecular complexity index is 1850. The molecule has 0 aliphatic carbocycles. The normalized spacial score (nSPS) is 18.3. The minimum Gasteiger partial charge on any atom is -0.478 e.